The Morgan fingerprint density at radius 3 is 2.25 bits per heavy atom. The molecule has 0 aliphatic carbocycles. The molecule has 1 heterocycles. The highest BCUT2D eigenvalue weighted by molar-refractivity contribution is 7.91. The van der Waals surface area contributed by atoms with Gasteiger partial charge in [-0.3, -0.25) is 4.79 Å². The minimum absolute atomic E-state index is 0.00283. The van der Waals surface area contributed by atoms with E-state index in [0.29, 0.717) is 5.69 Å². The van der Waals surface area contributed by atoms with Crippen LogP contribution in [0, 0.1) is 5.82 Å². The topological polar surface area (TPSA) is 150 Å². The molecule has 0 unspecified atom stereocenters. The van der Waals surface area contributed by atoms with Gasteiger partial charge in [0.2, 0.25) is 9.84 Å². The predicted molar refractivity (Wildman–Crippen MR) is 97.1 cm³/mol. The highest BCUT2D eigenvalue weighted by Crippen LogP contribution is 2.25. The van der Waals surface area contributed by atoms with E-state index in [4.69, 9.17) is 11.5 Å². The monoisotopic (exact) mass is 403 g/mol. The molecular weight excluding hydrogens is 389 g/mol. The van der Waals surface area contributed by atoms with E-state index in [1.54, 1.807) is 0 Å². The van der Waals surface area contributed by atoms with E-state index >= 15 is 0 Å². The van der Waals surface area contributed by atoms with Crippen molar-refractivity contribution in [1.82, 2.24) is 9.78 Å². The molecule has 0 bridgehead atoms. The maximum absolute atomic E-state index is 13.9. The Morgan fingerprint density at radius 1 is 1.04 bits per heavy atom. The smallest absolute Gasteiger partial charge is 0.316 e. The van der Waals surface area contributed by atoms with Crippen LogP contribution in [0.1, 0.15) is 10.5 Å². The Bertz CT molecular complexity index is 1170. The highest BCUT2D eigenvalue weighted by atomic mass is 32.2. The summed E-state index contributed by atoms with van der Waals surface area (Å²) in [4.78, 5) is 21.9. The molecular formula is C17H14FN5O4S. The molecule has 9 nitrogen and oxygen atoms in total. The van der Waals surface area contributed by atoms with E-state index in [2.05, 4.69) is 10.4 Å². The molecule has 0 aliphatic heterocycles. The summed E-state index contributed by atoms with van der Waals surface area (Å²) in [7, 11) is -4.05. The second-order valence-electron chi connectivity index (χ2n) is 5.62. The predicted octanol–water partition coefficient (Wildman–Crippen LogP) is 1.43. The summed E-state index contributed by atoms with van der Waals surface area (Å²) >= 11 is 0. The number of halogens is 1. The number of hydrogen-bond donors (Lipinski definition) is 3. The van der Waals surface area contributed by atoms with Gasteiger partial charge in [0.1, 0.15) is 10.7 Å². The molecule has 144 valence electrons. The first-order chi connectivity index (χ1) is 13.2. The number of nitrogens with zero attached hydrogens (tertiary/aromatic N) is 2. The molecule has 2 aromatic carbocycles. The van der Waals surface area contributed by atoms with Crippen LogP contribution in [0.4, 0.5) is 14.9 Å². The van der Waals surface area contributed by atoms with Gasteiger partial charge in [-0.25, -0.2) is 22.3 Å². The van der Waals surface area contributed by atoms with Crippen molar-refractivity contribution in [3.8, 4) is 5.69 Å². The lowest BCUT2D eigenvalue weighted by Crippen LogP contribution is -2.22. The van der Waals surface area contributed by atoms with Gasteiger partial charge in [-0.2, -0.15) is 5.10 Å². The van der Waals surface area contributed by atoms with Gasteiger partial charge in [-0.15, -0.1) is 0 Å². The highest BCUT2D eigenvalue weighted by Gasteiger charge is 2.22. The molecule has 0 spiro atoms. The van der Waals surface area contributed by atoms with Crippen molar-refractivity contribution in [2.24, 2.45) is 11.5 Å². The van der Waals surface area contributed by atoms with Crippen molar-refractivity contribution in [2.45, 2.75) is 9.79 Å². The zero-order valence-corrected chi connectivity index (χ0v) is 15.0. The van der Waals surface area contributed by atoms with Gasteiger partial charge in [0.15, 0.2) is 5.69 Å². The van der Waals surface area contributed by atoms with E-state index in [0.717, 1.165) is 6.07 Å². The maximum atomic E-state index is 13.9. The minimum Gasteiger partial charge on any atom is -0.364 e. The molecule has 5 N–H and O–H groups in total. The third-order valence-corrected chi connectivity index (χ3v) is 5.55. The molecule has 0 saturated carbocycles. The second kappa shape index (κ2) is 7.12. The van der Waals surface area contributed by atoms with Gasteiger partial charge in [0, 0.05) is 0 Å². The fourth-order valence-corrected chi connectivity index (χ4v) is 3.81. The van der Waals surface area contributed by atoms with Gasteiger partial charge in [0.05, 0.1) is 22.5 Å². The average Bonchev–Trinajstić information content (AvgIpc) is 3.05. The number of nitrogens with one attached hydrogen (secondary N) is 1. The Labute approximate surface area is 158 Å². The molecule has 3 amide bonds. The van der Waals surface area contributed by atoms with Crippen LogP contribution in [0.25, 0.3) is 5.69 Å². The SMILES string of the molecule is NC(=O)Nc1cn(-c2ccc(S(=O)(=O)c3ccccc3F)cc2)nc1C(N)=O. The first-order valence-electron chi connectivity index (χ1n) is 7.76. The lowest BCUT2D eigenvalue weighted by atomic mass is 10.3. The number of sulfone groups is 1. The largest absolute Gasteiger partial charge is 0.364 e. The third-order valence-electron chi connectivity index (χ3n) is 3.74. The zero-order valence-electron chi connectivity index (χ0n) is 14.2. The molecule has 0 saturated heterocycles. The average molecular weight is 403 g/mol. The van der Waals surface area contributed by atoms with Gasteiger partial charge in [-0.1, -0.05) is 12.1 Å². The molecule has 0 aliphatic rings. The van der Waals surface area contributed by atoms with Gasteiger partial charge < -0.3 is 16.8 Å². The number of carbonyl (C=O) groups is 2. The molecule has 1 aromatic heterocycles. The van der Waals surface area contributed by atoms with Crippen molar-refractivity contribution < 1.29 is 22.4 Å². The number of aromatic nitrogens is 2. The minimum atomic E-state index is -4.05. The maximum Gasteiger partial charge on any atom is 0.316 e. The molecule has 11 heteroatoms. The summed E-state index contributed by atoms with van der Waals surface area (Å²) < 4.78 is 40.2. The van der Waals surface area contributed by atoms with E-state index in [-0.39, 0.29) is 16.3 Å². The normalized spacial score (nSPS) is 11.2. The number of urea groups is 1. The van der Waals surface area contributed by atoms with Crippen molar-refractivity contribution >= 4 is 27.5 Å². The van der Waals surface area contributed by atoms with E-state index in [9.17, 15) is 22.4 Å². The molecule has 0 radical (unpaired) electrons. The van der Waals surface area contributed by atoms with E-state index < -0.39 is 32.5 Å². The fourth-order valence-electron chi connectivity index (χ4n) is 2.48. The molecule has 28 heavy (non-hydrogen) atoms. The molecule has 0 fully saturated rings. The Balaban J connectivity index is 1.99. The molecule has 3 aromatic rings. The van der Waals surface area contributed by atoms with Crippen molar-refractivity contribution in [3.63, 3.8) is 0 Å². The van der Waals surface area contributed by atoms with Crippen molar-refractivity contribution in [1.29, 1.82) is 0 Å². The Kier molecular flexibility index (Phi) is 4.84. The second-order valence-corrected chi connectivity index (χ2v) is 7.54. The Hall–Kier alpha value is -3.73. The van der Waals surface area contributed by atoms with Crippen LogP contribution in [-0.4, -0.2) is 30.1 Å². The van der Waals surface area contributed by atoms with Crippen LogP contribution in [0.5, 0.6) is 0 Å². The summed E-state index contributed by atoms with van der Waals surface area (Å²) in [5.41, 5.74) is 10.4. The van der Waals surface area contributed by atoms with Crippen LogP contribution in [0.3, 0.4) is 0 Å². The summed E-state index contributed by atoms with van der Waals surface area (Å²) in [6, 6.07) is 9.48. The first-order valence-corrected chi connectivity index (χ1v) is 9.24. The lowest BCUT2D eigenvalue weighted by molar-refractivity contribution is 0.0996. The van der Waals surface area contributed by atoms with E-state index in [1.807, 2.05) is 0 Å². The standard InChI is InChI=1S/C17H14FN5O4S/c18-12-3-1-2-4-14(12)28(26,27)11-7-5-10(6-8-11)23-9-13(21-17(20)25)15(22-23)16(19)24/h1-9H,(H2,19,24)(H3,20,21,25). The van der Waals surface area contributed by atoms with Crippen molar-refractivity contribution in [2.75, 3.05) is 5.32 Å². The number of primary amides is 2. The van der Waals surface area contributed by atoms with Crippen LogP contribution in [0.2, 0.25) is 0 Å². The summed E-state index contributed by atoms with van der Waals surface area (Å²) in [6.07, 6.45) is 1.30. The van der Waals surface area contributed by atoms with Gasteiger partial charge in [0.25, 0.3) is 5.91 Å². The number of rotatable bonds is 5. The van der Waals surface area contributed by atoms with Gasteiger partial charge >= 0.3 is 6.03 Å². The Morgan fingerprint density at radius 2 is 1.68 bits per heavy atom. The van der Waals surface area contributed by atoms with E-state index in [1.165, 1.54) is 53.3 Å². The third kappa shape index (κ3) is 3.55. The zero-order chi connectivity index (χ0) is 20.5. The van der Waals surface area contributed by atoms with Crippen LogP contribution < -0.4 is 16.8 Å². The van der Waals surface area contributed by atoms with Crippen LogP contribution >= 0.6 is 0 Å². The number of carbonyl (C=O) groups excluding carboxylic acids is 2. The van der Waals surface area contributed by atoms with Gasteiger partial charge in [-0.05, 0) is 36.4 Å². The summed E-state index contributed by atoms with van der Waals surface area (Å²) in [5, 5.41) is 6.18. The molecule has 3 rings (SSSR count). The molecule has 0 atom stereocenters. The summed E-state index contributed by atoms with van der Waals surface area (Å²) in [5.74, 6) is -1.74. The number of nitrogens with two attached hydrogens (primary N) is 2. The summed E-state index contributed by atoms with van der Waals surface area (Å²) in [6.45, 7) is 0. The van der Waals surface area contributed by atoms with Crippen LogP contribution in [0.15, 0.2) is 64.5 Å². The number of anilines is 1. The number of amides is 3. The lowest BCUT2D eigenvalue weighted by Gasteiger charge is -2.07. The first kappa shape index (κ1) is 19.0. The number of hydrogen-bond acceptors (Lipinski definition) is 5. The fraction of sp³-hybridized carbons (Fsp3) is 0. The quantitative estimate of drug-likeness (QED) is 0.589. The number of benzene rings is 2. The van der Waals surface area contributed by atoms with Crippen molar-refractivity contribution in [3.05, 3.63) is 66.2 Å². The van der Waals surface area contributed by atoms with Crippen LogP contribution in [-0.2, 0) is 9.84 Å².